The summed E-state index contributed by atoms with van der Waals surface area (Å²) in [4.78, 5) is 17.3. The van der Waals surface area contributed by atoms with Crippen LogP contribution in [-0.2, 0) is 6.18 Å². The Balaban J connectivity index is 1.32. The van der Waals surface area contributed by atoms with E-state index in [0.717, 1.165) is 55.2 Å². The van der Waals surface area contributed by atoms with E-state index in [1.165, 1.54) is 6.07 Å². The number of anilines is 2. The highest BCUT2D eigenvalue weighted by atomic mass is 32.1. The molecule has 4 fully saturated rings. The molecule has 2 aromatic carbocycles. The first kappa shape index (κ1) is 29.1. The van der Waals surface area contributed by atoms with Gasteiger partial charge in [-0.1, -0.05) is 23.5 Å². The summed E-state index contributed by atoms with van der Waals surface area (Å²) in [5.41, 5.74) is 4.36. The summed E-state index contributed by atoms with van der Waals surface area (Å²) in [6.07, 6.45) is -2.01. The van der Waals surface area contributed by atoms with Crippen molar-refractivity contribution >= 4 is 43.4 Å². The van der Waals surface area contributed by atoms with E-state index < -0.39 is 34.8 Å². The monoisotopic (exact) mass is 645 g/mol. The second kappa shape index (κ2) is 10.3. The van der Waals surface area contributed by atoms with E-state index in [1.807, 2.05) is 4.90 Å². The zero-order chi connectivity index (χ0) is 31.2. The number of nitrogens with one attached hydrogen (secondary N) is 1. The molecule has 6 heterocycles. The standard InChI is InChI=1S/C31H32F5N7OS/c1-15-3-6-19(25-26(15)45-28(37)39-25)22-21(31(34,35)36)9-20-24(23(22)33)40-29(41-27(20)42-12-17-4-5-18(13-42)38-17)44-14-30-7-2-8-43(30)11-16(32)10-30/h3,6,9,16-18,38H,2,4-5,7-8,10-14H2,1H3,(H2,37,39)/t16-,17?,18?,30+/m1/s1. The first-order valence-electron chi connectivity index (χ1n) is 15.3. The summed E-state index contributed by atoms with van der Waals surface area (Å²) in [7, 11) is 0. The quantitative estimate of drug-likeness (QED) is 0.261. The number of nitrogens with two attached hydrogens (primary N) is 1. The molecule has 8 rings (SSSR count). The molecule has 238 valence electrons. The Morgan fingerprint density at radius 1 is 1.11 bits per heavy atom. The number of fused-ring (bicyclic) bond motifs is 5. The minimum atomic E-state index is -4.89. The number of halogens is 5. The molecule has 0 aliphatic carbocycles. The molecule has 45 heavy (non-hydrogen) atoms. The second-order valence-electron chi connectivity index (χ2n) is 12.9. The van der Waals surface area contributed by atoms with Gasteiger partial charge in [-0.05, 0) is 50.8 Å². The van der Waals surface area contributed by atoms with Gasteiger partial charge in [0, 0.05) is 54.7 Å². The van der Waals surface area contributed by atoms with Gasteiger partial charge in [-0.2, -0.15) is 23.1 Å². The first-order chi connectivity index (χ1) is 21.5. The van der Waals surface area contributed by atoms with Crippen LogP contribution >= 0.6 is 11.3 Å². The molecular formula is C31H32F5N7OS. The smallest absolute Gasteiger partial charge is 0.417 e. The fourth-order valence-electron chi connectivity index (χ4n) is 7.95. The molecule has 2 aromatic heterocycles. The van der Waals surface area contributed by atoms with E-state index >= 15 is 4.39 Å². The largest absolute Gasteiger partial charge is 0.461 e. The van der Waals surface area contributed by atoms with Crippen LogP contribution in [0.25, 0.3) is 32.2 Å². The molecule has 8 nitrogen and oxygen atoms in total. The maximum Gasteiger partial charge on any atom is 0.417 e. The number of hydrogen-bond acceptors (Lipinski definition) is 9. The summed E-state index contributed by atoms with van der Waals surface area (Å²) < 4.78 is 82.6. The molecule has 4 aliphatic heterocycles. The predicted molar refractivity (Wildman–Crippen MR) is 163 cm³/mol. The highest BCUT2D eigenvalue weighted by Gasteiger charge is 2.49. The Kier molecular flexibility index (Phi) is 6.67. The number of benzene rings is 2. The molecule has 4 aromatic rings. The molecule has 0 spiro atoms. The van der Waals surface area contributed by atoms with Gasteiger partial charge >= 0.3 is 12.2 Å². The molecule has 4 saturated heterocycles. The average molecular weight is 646 g/mol. The van der Waals surface area contributed by atoms with E-state index in [0.29, 0.717) is 30.8 Å². The molecular weight excluding hydrogens is 613 g/mol. The topological polar surface area (TPSA) is 92.4 Å². The van der Waals surface area contributed by atoms with Gasteiger partial charge in [0.25, 0.3) is 0 Å². The van der Waals surface area contributed by atoms with Crippen LogP contribution in [0.2, 0.25) is 0 Å². The van der Waals surface area contributed by atoms with Crippen molar-refractivity contribution in [3.63, 3.8) is 0 Å². The summed E-state index contributed by atoms with van der Waals surface area (Å²) in [5, 5.41) is 3.65. The molecule has 14 heteroatoms. The molecule has 4 aliphatic rings. The number of rotatable bonds is 5. The lowest BCUT2D eigenvalue weighted by atomic mass is 9.94. The number of aryl methyl sites for hydroxylation is 1. The fourth-order valence-corrected chi connectivity index (χ4v) is 8.78. The molecule has 0 radical (unpaired) electrons. The minimum Gasteiger partial charge on any atom is -0.461 e. The van der Waals surface area contributed by atoms with Crippen molar-refractivity contribution in [1.82, 2.24) is 25.2 Å². The van der Waals surface area contributed by atoms with Gasteiger partial charge in [-0.25, -0.2) is 13.8 Å². The summed E-state index contributed by atoms with van der Waals surface area (Å²) in [5.74, 6) is -0.930. The van der Waals surface area contributed by atoms with Gasteiger partial charge in [0.1, 0.15) is 24.1 Å². The Labute approximate surface area is 259 Å². The SMILES string of the molecule is Cc1ccc(-c2c(C(F)(F)F)cc3c(N4CC5CCC(C4)N5)nc(OC[C@@]45CCCN4C[C@H](F)C5)nc3c2F)c2nc(N)sc12. The van der Waals surface area contributed by atoms with Crippen LogP contribution in [0.4, 0.5) is 32.9 Å². The van der Waals surface area contributed by atoms with Crippen molar-refractivity contribution in [2.45, 2.75) is 69.0 Å². The summed E-state index contributed by atoms with van der Waals surface area (Å²) >= 11 is 1.14. The lowest BCUT2D eigenvalue weighted by molar-refractivity contribution is -0.137. The number of piperazine rings is 1. The minimum absolute atomic E-state index is 0.0152. The van der Waals surface area contributed by atoms with Crippen molar-refractivity contribution in [2.75, 3.05) is 43.4 Å². The highest BCUT2D eigenvalue weighted by molar-refractivity contribution is 7.22. The van der Waals surface area contributed by atoms with Crippen LogP contribution in [0.5, 0.6) is 6.01 Å². The van der Waals surface area contributed by atoms with Crippen molar-refractivity contribution in [2.24, 2.45) is 0 Å². The Hall–Kier alpha value is -3.36. The van der Waals surface area contributed by atoms with Crippen LogP contribution in [0.3, 0.4) is 0 Å². The molecule has 2 unspecified atom stereocenters. The van der Waals surface area contributed by atoms with Gasteiger partial charge < -0.3 is 20.7 Å². The van der Waals surface area contributed by atoms with E-state index in [4.69, 9.17) is 10.5 Å². The van der Waals surface area contributed by atoms with Crippen LogP contribution in [0, 0.1) is 12.7 Å². The van der Waals surface area contributed by atoms with Crippen molar-refractivity contribution < 1.29 is 26.7 Å². The number of aromatic nitrogens is 3. The second-order valence-corrected chi connectivity index (χ2v) is 13.9. The van der Waals surface area contributed by atoms with E-state index in [9.17, 15) is 17.6 Å². The van der Waals surface area contributed by atoms with Crippen molar-refractivity contribution in [3.8, 4) is 17.1 Å². The third-order valence-electron chi connectivity index (χ3n) is 9.97. The maximum absolute atomic E-state index is 16.9. The highest BCUT2D eigenvalue weighted by Crippen LogP contribution is 2.47. The molecule has 2 bridgehead atoms. The van der Waals surface area contributed by atoms with Gasteiger partial charge in [-0.15, -0.1) is 0 Å². The Morgan fingerprint density at radius 2 is 1.89 bits per heavy atom. The number of thiazole rings is 1. The van der Waals surface area contributed by atoms with Gasteiger partial charge in [-0.3, -0.25) is 4.90 Å². The lowest BCUT2D eigenvalue weighted by Gasteiger charge is -2.35. The summed E-state index contributed by atoms with van der Waals surface area (Å²) in [6.45, 7) is 4.02. The molecule has 0 saturated carbocycles. The first-order valence-corrected chi connectivity index (χ1v) is 16.1. The number of hydrogen-bond donors (Lipinski definition) is 2. The number of nitrogens with zero attached hydrogens (tertiary/aromatic N) is 5. The van der Waals surface area contributed by atoms with Crippen molar-refractivity contribution in [3.05, 3.63) is 35.1 Å². The van der Waals surface area contributed by atoms with Crippen molar-refractivity contribution in [1.29, 1.82) is 0 Å². The zero-order valence-corrected chi connectivity index (χ0v) is 25.4. The van der Waals surface area contributed by atoms with Crippen LogP contribution in [-0.4, -0.2) is 76.4 Å². The molecule has 4 atom stereocenters. The zero-order valence-electron chi connectivity index (χ0n) is 24.6. The fraction of sp³-hybridized carbons (Fsp3) is 0.516. The Bertz CT molecular complexity index is 1820. The van der Waals surface area contributed by atoms with E-state index in [2.05, 4.69) is 25.2 Å². The normalized spacial score (nSPS) is 26.8. The van der Waals surface area contributed by atoms with Crippen LogP contribution in [0.1, 0.15) is 43.2 Å². The predicted octanol–water partition coefficient (Wildman–Crippen LogP) is 5.85. The van der Waals surface area contributed by atoms with E-state index in [1.54, 1.807) is 13.0 Å². The lowest BCUT2D eigenvalue weighted by Crippen LogP contribution is -2.51. The van der Waals surface area contributed by atoms with Gasteiger partial charge in [0.2, 0.25) is 0 Å². The third kappa shape index (κ3) is 4.78. The number of nitrogen functional groups attached to an aromatic ring is 1. The van der Waals surface area contributed by atoms with Crippen LogP contribution in [0.15, 0.2) is 18.2 Å². The summed E-state index contributed by atoms with van der Waals surface area (Å²) in [6, 6.07) is 4.20. The van der Waals surface area contributed by atoms with Gasteiger partial charge in [0.15, 0.2) is 10.9 Å². The number of alkyl halides is 4. The van der Waals surface area contributed by atoms with Crippen LogP contribution < -0.4 is 20.7 Å². The molecule has 3 N–H and O–H groups in total. The Morgan fingerprint density at radius 3 is 2.64 bits per heavy atom. The van der Waals surface area contributed by atoms with Gasteiger partial charge in [0.05, 0.1) is 21.3 Å². The van der Waals surface area contributed by atoms with E-state index in [-0.39, 0.29) is 57.6 Å². The average Bonchev–Trinajstić information content (AvgIpc) is 3.73. The maximum atomic E-state index is 16.9. The molecule has 0 amide bonds. The third-order valence-corrected chi connectivity index (χ3v) is 11.0. The number of ether oxygens (including phenoxy) is 1.